The normalized spacial score (nSPS) is 16.4. The van der Waals surface area contributed by atoms with Gasteiger partial charge in [0.05, 0.1) is 5.56 Å². The number of ether oxygens (including phenoxy) is 1. The van der Waals surface area contributed by atoms with Crippen molar-refractivity contribution in [1.29, 1.82) is 0 Å². The number of hydrogen-bond donors (Lipinski definition) is 2. The van der Waals surface area contributed by atoms with Crippen LogP contribution in [0.15, 0.2) is 24.3 Å². The first kappa shape index (κ1) is 20.7. The fourth-order valence-corrected chi connectivity index (χ4v) is 4.99. The third-order valence-electron chi connectivity index (χ3n) is 5.17. The van der Waals surface area contributed by atoms with E-state index in [2.05, 4.69) is 26.1 Å². The number of fused-ring (bicyclic) bond motifs is 1. The molecule has 0 bridgehead atoms. The second-order valence-electron chi connectivity index (χ2n) is 8.17. The summed E-state index contributed by atoms with van der Waals surface area (Å²) in [6.45, 7) is 6.55. The van der Waals surface area contributed by atoms with Gasteiger partial charge in [0.2, 0.25) is 0 Å². The van der Waals surface area contributed by atoms with E-state index in [4.69, 9.17) is 22.1 Å². The van der Waals surface area contributed by atoms with Crippen molar-refractivity contribution in [2.75, 3.05) is 11.9 Å². The molecule has 1 aliphatic rings. The average Bonchev–Trinajstić information content (AvgIpc) is 2.97. The molecule has 1 aromatic heterocycles. The molecule has 5 nitrogen and oxygen atoms in total. The molecule has 2 amide bonds. The molecule has 7 heteroatoms. The molecule has 0 saturated carbocycles. The van der Waals surface area contributed by atoms with Gasteiger partial charge in [-0.2, -0.15) is 0 Å². The number of rotatable bonds is 5. The maximum absolute atomic E-state index is 12.4. The lowest BCUT2D eigenvalue weighted by atomic mass is 9.72. The minimum absolute atomic E-state index is 0.160. The monoisotopic (exact) mass is 420 g/mol. The van der Waals surface area contributed by atoms with E-state index in [0.29, 0.717) is 27.3 Å². The second kappa shape index (κ2) is 8.13. The summed E-state index contributed by atoms with van der Waals surface area (Å²) in [5.74, 6) is 0.258. The first-order valence-corrected chi connectivity index (χ1v) is 10.5. The van der Waals surface area contributed by atoms with Crippen LogP contribution in [0, 0.1) is 11.3 Å². The van der Waals surface area contributed by atoms with Gasteiger partial charge < -0.3 is 15.8 Å². The Morgan fingerprint density at radius 3 is 2.57 bits per heavy atom. The Kier molecular flexibility index (Phi) is 6.01. The van der Waals surface area contributed by atoms with Crippen molar-refractivity contribution < 1.29 is 14.3 Å². The van der Waals surface area contributed by atoms with Crippen LogP contribution >= 0.6 is 22.9 Å². The highest BCUT2D eigenvalue weighted by molar-refractivity contribution is 7.17. The molecule has 1 aromatic carbocycles. The third-order valence-corrected chi connectivity index (χ3v) is 6.59. The molecule has 0 aliphatic heterocycles. The average molecular weight is 421 g/mol. The molecule has 0 unspecified atom stereocenters. The quantitative estimate of drug-likeness (QED) is 0.737. The van der Waals surface area contributed by atoms with Crippen molar-refractivity contribution in [2.24, 2.45) is 17.1 Å². The molecule has 0 radical (unpaired) electrons. The highest BCUT2D eigenvalue weighted by Crippen LogP contribution is 2.44. The van der Waals surface area contributed by atoms with Crippen molar-refractivity contribution in [3.05, 3.63) is 45.3 Å². The molecular formula is C21H25ClN2O3S. The Hall–Kier alpha value is -2.05. The van der Waals surface area contributed by atoms with Crippen LogP contribution in [0.4, 0.5) is 5.00 Å². The van der Waals surface area contributed by atoms with Gasteiger partial charge in [0.25, 0.3) is 11.8 Å². The molecule has 3 N–H and O–H groups in total. The smallest absolute Gasteiger partial charge is 0.262 e. The highest BCUT2D eigenvalue weighted by Gasteiger charge is 2.33. The number of carbonyl (C=O) groups is 2. The Balaban J connectivity index is 1.73. The first-order chi connectivity index (χ1) is 13.1. The molecule has 1 atom stereocenters. The van der Waals surface area contributed by atoms with E-state index >= 15 is 0 Å². The lowest BCUT2D eigenvalue weighted by molar-refractivity contribution is -0.118. The number of nitrogens with two attached hydrogens (primary N) is 1. The van der Waals surface area contributed by atoms with Crippen molar-refractivity contribution in [3.8, 4) is 5.75 Å². The van der Waals surface area contributed by atoms with Crippen LogP contribution in [-0.2, 0) is 17.6 Å². The predicted octanol–water partition coefficient (Wildman–Crippen LogP) is 4.67. The van der Waals surface area contributed by atoms with Crippen molar-refractivity contribution in [3.63, 3.8) is 0 Å². The van der Waals surface area contributed by atoms with E-state index in [9.17, 15) is 9.59 Å². The fraction of sp³-hybridized carbons (Fsp3) is 0.429. The standard InChI is InChI=1S/C21H25ClN2O3S/c1-21(2,3)12-4-9-15-16(10-12)28-20(18(15)19(23)26)24-17(25)11-27-14-7-5-13(22)6-8-14/h5-8,12H,4,9-11H2,1-3H3,(H2,23,26)(H,24,25)/t12-/m0/s1. The number of benzene rings is 1. The van der Waals surface area contributed by atoms with Crippen LogP contribution in [-0.4, -0.2) is 18.4 Å². The summed E-state index contributed by atoms with van der Waals surface area (Å²) in [5.41, 5.74) is 7.27. The van der Waals surface area contributed by atoms with Gasteiger partial charge in [-0.25, -0.2) is 0 Å². The number of primary amides is 1. The van der Waals surface area contributed by atoms with E-state index in [-0.39, 0.29) is 17.9 Å². The van der Waals surface area contributed by atoms with Gasteiger partial charge in [-0.05, 0) is 60.4 Å². The van der Waals surface area contributed by atoms with Crippen LogP contribution in [0.5, 0.6) is 5.75 Å². The molecule has 150 valence electrons. The Morgan fingerprint density at radius 2 is 1.96 bits per heavy atom. The van der Waals surface area contributed by atoms with E-state index in [0.717, 1.165) is 29.7 Å². The topological polar surface area (TPSA) is 81.4 Å². The van der Waals surface area contributed by atoms with E-state index in [1.807, 2.05) is 0 Å². The van der Waals surface area contributed by atoms with Crippen LogP contribution < -0.4 is 15.8 Å². The number of carbonyl (C=O) groups excluding carboxylic acids is 2. The largest absolute Gasteiger partial charge is 0.484 e. The summed E-state index contributed by atoms with van der Waals surface area (Å²) in [7, 11) is 0. The number of nitrogens with one attached hydrogen (secondary N) is 1. The Morgan fingerprint density at radius 1 is 1.29 bits per heavy atom. The zero-order valence-electron chi connectivity index (χ0n) is 16.3. The second-order valence-corrected chi connectivity index (χ2v) is 9.71. The van der Waals surface area contributed by atoms with Gasteiger partial charge in [0.1, 0.15) is 10.8 Å². The Labute approximate surface area is 174 Å². The number of anilines is 1. The summed E-state index contributed by atoms with van der Waals surface area (Å²) in [6, 6.07) is 6.78. The van der Waals surface area contributed by atoms with Crippen molar-refractivity contribution in [1.82, 2.24) is 0 Å². The zero-order valence-corrected chi connectivity index (χ0v) is 17.9. The summed E-state index contributed by atoms with van der Waals surface area (Å²) in [4.78, 5) is 25.6. The molecule has 1 aliphatic carbocycles. The van der Waals surface area contributed by atoms with Gasteiger partial charge >= 0.3 is 0 Å². The number of amides is 2. The molecule has 0 fully saturated rings. The SMILES string of the molecule is CC(C)(C)[C@H]1CCc2c(sc(NC(=O)COc3ccc(Cl)cc3)c2C(N)=O)C1. The van der Waals surface area contributed by atoms with E-state index in [1.54, 1.807) is 24.3 Å². The van der Waals surface area contributed by atoms with Crippen LogP contribution in [0.3, 0.4) is 0 Å². The van der Waals surface area contributed by atoms with Crippen molar-refractivity contribution in [2.45, 2.75) is 40.0 Å². The Bertz CT molecular complexity index is 884. The molecule has 2 aromatic rings. The summed E-state index contributed by atoms with van der Waals surface area (Å²) >= 11 is 7.30. The molecular weight excluding hydrogens is 396 g/mol. The van der Waals surface area contributed by atoms with Gasteiger partial charge in [0, 0.05) is 9.90 Å². The zero-order chi connectivity index (χ0) is 20.5. The summed E-state index contributed by atoms with van der Waals surface area (Å²) < 4.78 is 5.48. The maximum atomic E-state index is 12.4. The summed E-state index contributed by atoms with van der Waals surface area (Å²) in [6.07, 6.45) is 2.73. The predicted molar refractivity (Wildman–Crippen MR) is 113 cm³/mol. The number of hydrogen-bond acceptors (Lipinski definition) is 4. The fourth-order valence-electron chi connectivity index (χ4n) is 3.52. The van der Waals surface area contributed by atoms with Gasteiger partial charge in [0.15, 0.2) is 6.61 Å². The van der Waals surface area contributed by atoms with E-state index in [1.165, 1.54) is 11.3 Å². The van der Waals surface area contributed by atoms with Gasteiger partial charge in [-0.15, -0.1) is 11.3 Å². The third kappa shape index (κ3) is 4.67. The molecule has 0 spiro atoms. The number of thiophene rings is 1. The summed E-state index contributed by atoms with van der Waals surface area (Å²) in [5, 5.41) is 3.93. The molecule has 28 heavy (non-hydrogen) atoms. The molecule has 0 saturated heterocycles. The minimum Gasteiger partial charge on any atom is -0.484 e. The lowest BCUT2D eigenvalue weighted by Gasteiger charge is -2.33. The lowest BCUT2D eigenvalue weighted by Crippen LogP contribution is -2.27. The van der Waals surface area contributed by atoms with Crippen LogP contribution in [0.2, 0.25) is 5.02 Å². The first-order valence-electron chi connectivity index (χ1n) is 9.27. The number of halogens is 1. The van der Waals surface area contributed by atoms with E-state index < -0.39 is 5.91 Å². The van der Waals surface area contributed by atoms with Gasteiger partial charge in [-0.3, -0.25) is 9.59 Å². The minimum atomic E-state index is -0.499. The van der Waals surface area contributed by atoms with Crippen molar-refractivity contribution >= 4 is 39.8 Å². The maximum Gasteiger partial charge on any atom is 0.262 e. The highest BCUT2D eigenvalue weighted by atomic mass is 35.5. The van der Waals surface area contributed by atoms with Crippen LogP contribution in [0.1, 0.15) is 48.0 Å². The van der Waals surface area contributed by atoms with Crippen LogP contribution in [0.25, 0.3) is 0 Å². The molecule has 3 rings (SSSR count). The van der Waals surface area contributed by atoms with Gasteiger partial charge in [-0.1, -0.05) is 32.4 Å². The molecule has 1 heterocycles.